The fourth-order valence-electron chi connectivity index (χ4n) is 3.02. The van der Waals surface area contributed by atoms with Crippen LogP contribution in [-0.4, -0.2) is 28.4 Å². The average Bonchev–Trinajstić information content (AvgIpc) is 2.78. The number of ketones is 1. The van der Waals surface area contributed by atoms with Crippen LogP contribution in [0.1, 0.15) is 22.3 Å². The van der Waals surface area contributed by atoms with E-state index in [4.69, 9.17) is 0 Å². The highest BCUT2D eigenvalue weighted by Crippen LogP contribution is 2.43. The van der Waals surface area contributed by atoms with Gasteiger partial charge in [-0.1, -0.05) is 36.4 Å². The number of phenols is 1. The molecule has 1 heterocycles. The molecule has 0 bridgehead atoms. The van der Waals surface area contributed by atoms with Crippen molar-refractivity contribution < 1.29 is 19.8 Å². The maximum atomic E-state index is 12.7. The van der Waals surface area contributed by atoms with Crippen molar-refractivity contribution in [1.82, 2.24) is 0 Å². The molecule has 1 atom stereocenters. The van der Waals surface area contributed by atoms with E-state index < -0.39 is 23.7 Å². The molecule has 1 aliphatic rings. The van der Waals surface area contributed by atoms with E-state index in [0.29, 0.717) is 11.3 Å². The maximum Gasteiger partial charge on any atom is 0.264 e. The van der Waals surface area contributed by atoms with Crippen molar-refractivity contribution in [3.63, 3.8) is 0 Å². The van der Waals surface area contributed by atoms with E-state index in [2.05, 4.69) is 6.58 Å². The molecule has 1 aliphatic heterocycles. The molecule has 0 aliphatic carbocycles. The molecule has 2 aromatic rings. The third-order valence-corrected chi connectivity index (χ3v) is 4.17. The van der Waals surface area contributed by atoms with Crippen molar-refractivity contribution in [2.24, 2.45) is 0 Å². The largest absolute Gasteiger partial charge is 0.507 e. The number of nitrogens with zero attached hydrogens (tertiary/aromatic N) is 1. The highest BCUT2D eigenvalue weighted by atomic mass is 16.3. The lowest BCUT2D eigenvalue weighted by Gasteiger charge is -2.22. The minimum atomic E-state index is -1.95. The van der Waals surface area contributed by atoms with Gasteiger partial charge in [-0.3, -0.25) is 9.59 Å². The Labute approximate surface area is 139 Å². The molecule has 5 nitrogen and oxygen atoms in total. The van der Waals surface area contributed by atoms with Crippen LogP contribution in [0, 0.1) is 0 Å². The smallest absolute Gasteiger partial charge is 0.264 e. The number of Topliss-reactive ketones (excluding diaryl/α,β-unsaturated/α-hetero) is 1. The summed E-state index contributed by atoms with van der Waals surface area (Å²) >= 11 is 0. The van der Waals surface area contributed by atoms with Crippen LogP contribution in [0.15, 0.2) is 61.2 Å². The average molecular weight is 323 g/mol. The predicted octanol–water partition coefficient (Wildman–Crippen LogP) is 2.39. The highest BCUT2D eigenvalue weighted by Gasteiger charge is 2.50. The van der Waals surface area contributed by atoms with E-state index in [1.165, 1.54) is 17.0 Å². The van der Waals surface area contributed by atoms with Crippen molar-refractivity contribution in [3.05, 3.63) is 72.3 Å². The number of para-hydroxylation sites is 2. The van der Waals surface area contributed by atoms with Crippen molar-refractivity contribution in [2.75, 3.05) is 11.4 Å². The number of phenolic OH excluding ortho intramolecular Hbond substituents is 1. The Morgan fingerprint density at radius 3 is 2.54 bits per heavy atom. The number of anilines is 1. The van der Waals surface area contributed by atoms with Gasteiger partial charge in [0.25, 0.3) is 5.91 Å². The van der Waals surface area contributed by atoms with E-state index in [-0.39, 0.29) is 17.9 Å². The first kappa shape index (κ1) is 16.0. The SMILES string of the molecule is C=CCN1C(=O)[C@](O)(CC(=O)c2ccccc2O)c2ccccc21. The molecule has 5 heteroatoms. The molecule has 0 spiro atoms. The minimum absolute atomic E-state index is 0.0818. The first-order chi connectivity index (χ1) is 11.5. The van der Waals surface area contributed by atoms with Gasteiger partial charge in [0.15, 0.2) is 11.4 Å². The highest BCUT2D eigenvalue weighted by molar-refractivity contribution is 6.11. The Morgan fingerprint density at radius 1 is 1.17 bits per heavy atom. The summed E-state index contributed by atoms with van der Waals surface area (Å²) in [5.41, 5.74) is -0.909. The molecule has 2 N–H and O–H groups in total. The summed E-state index contributed by atoms with van der Waals surface area (Å²) in [4.78, 5) is 26.7. The van der Waals surface area contributed by atoms with Gasteiger partial charge in [-0.15, -0.1) is 6.58 Å². The topological polar surface area (TPSA) is 77.8 Å². The van der Waals surface area contributed by atoms with Gasteiger partial charge >= 0.3 is 0 Å². The van der Waals surface area contributed by atoms with Gasteiger partial charge in [-0.25, -0.2) is 0 Å². The van der Waals surface area contributed by atoms with E-state index in [0.717, 1.165) is 0 Å². The van der Waals surface area contributed by atoms with Crippen LogP contribution in [0.4, 0.5) is 5.69 Å². The van der Waals surface area contributed by atoms with Gasteiger partial charge < -0.3 is 15.1 Å². The number of carbonyl (C=O) groups excluding carboxylic acids is 2. The normalized spacial score (nSPS) is 19.2. The standard InChI is InChI=1S/C19H17NO4/c1-2-11-20-15-9-5-4-8-14(15)19(24,18(20)23)12-17(22)13-7-3-6-10-16(13)21/h2-10,21,24H,1,11-12H2/t19-/m0/s1. The summed E-state index contributed by atoms with van der Waals surface area (Å²) in [6, 6.07) is 12.9. The molecular formula is C19H17NO4. The third kappa shape index (κ3) is 2.39. The quantitative estimate of drug-likeness (QED) is 0.654. The number of hydrogen-bond acceptors (Lipinski definition) is 4. The molecule has 0 aromatic heterocycles. The lowest BCUT2D eigenvalue weighted by Crippen LogP contribution is -2.41. The van der Waals surface area contributed by atoms with Gasteiger partial charge in [0.05, 0.1) is 17.7 Å². The lowest BCUT2D eigenvalue weighted by atomic mass is 9.88. The van der Waals surface area contributed by atoms with Gasteiger partial charge in [-0.2, -0.15) is 0 Å². The fraction of sp³-hybridized carbons (Fsp3) is 0.158. The van der Waals surface area contributed by atoms with Gasteiger partial charge in [0, 0.05) is 12.1 Å². The number of hydrogen-bond donors (Lipinski definition) is 2. The molecule has 1 amide bonds. The Balaban J connectivity index is 2.00. The summed E-state index contributed by atoms with van der Waals surface area (Å²) in [5.74, 6) is -1.24. The van der Waals surface area contributed by atoms with E-state index in [1.807, 2.05) is 0 Å². The van der Waals surface area contributed by atoms with Crippen LogP contribution in [0.2, 0.25) is 0 Å². The number of fused-ring (bicyclic) bond motifs is 1. The van der Waals surface area contributed by atoms with Gasteiger partial charge in [0.2, 0.25) is 0 Å². The first-order valence-electron chi connectivity index (χ1n) is 7.55. The number of aliphatic hydroxyl groups is 1. The summed E-state index contributed by atoms with van der Waals surface area (Å²) in [5, 5.41) is 20.8. The molecule has 0 saturated carbocycles. The number of benzene rings is 2. The van der Waals surface area contributed by atoms with Crippen LogP contribution < -0.4 is 4.90 Å². The fourth-order valence-corrected chi connectivity index (χ4v) is 3.02. The molecule has 2 aromatic carbocycles. The predicted molar refractivity (Wildman–Crippen MR) is 89.9 cm³/mol. The van der Waals surface area contributed by atoms with E-state index >= 15 is 0 Å². The summed E-state index contributed by atoms with van der Waals surface area (Å²) < 4.78 is 0. The Morgan fingerprint density at radius 2 is 1.83 bits per heavy atom. The summed E-state index contributed by atoms with van der Waals surface area (Å²) in [6.45, 7) is 3.86. The van der Waals surface area contributed by atoms with Crippen molar-refractivity contribution in [3.8, 4) is 5.75 Å². The second-order valence-corrected chi connectivity index (χ2v) is 5.70. The molecule has 0 unspecified atom stereocenters. The molecule has 0 radical (unpaired) electrons. The zero-order valence-electron chi connectivity index (χ0n) is 13.0. The Hall–Kier alpha value is -2.92. The molecule has 0 saturated heterocycles. The molecule has 3 rings (SSSR count). The van der Waals surface area contributed by atoms with Crippen LogP contribution in [-0.2, 0) is 10.4 Å². The van der Waals surface area contributed by atoms with Crippen LogP contribution in [0.25, 0.3) is 0 Å². The Bertz CT molecular complexity index is 830. The maximum absolute atomic E-state index is 12.7. The second kappa shape index (κ2) is 5.94. The molecule has 24 heavy (non-hydrogen) atoms. The van der Waals surface area contributed by atoms with E-state index in [9.17, 15) is 19.8 Å². The molecule has 0 fully saturated rings. The van der Waals surface area contributed by atoms with E-state index in [1.54, 1.807) is 42.5 Å². The monoisotopic (exact) mass is 323 g/mol. The van der Waals surface area contributed by atoms with Crippen molar-refractivity contribution >= 4 is 17.4 Å². The zero-order chi connectivity index (χ0) is 17.3. The minimum Gasteiger partial charge on any atom is -0.507 e. The number of aromatic hydroxyl groups is 1. The number of amides is 1. The zero-order valence-corrected chi connectivity index (χ0v) is 13.0. The summed E-state index contributed by atoms with van der Waals surface area (Å²) in [7, 11) is 0. The van der Waals surface area contributed by atoms with Crippen molar-refractivity contribution in [2.45, 2.75) is 12.0 Å². The van der Waals surface area contributed by atoms with Crippen LogP contribution in [0.3, 0.4) is 0 Å². The Kier molecular flexibility index (Phi) is 3.95. The first-order valence-corrected chi connectivity index (χ1v) is 7.55. The third-order valence-electron chi connectivity index (χ3n) is 4.17. The van der Waals surface area contributed by atoms with Crippen molar-refractivity contribution in [1.29, 1.82) is 0 Å². The second-order valence-electron chi connectivity index (χ2n) is 5.70. The summed E-state index contributed by atoms with van der Waals surface area (Å²) in [6.07, 6.45) is 1.12. The number of carbonyl (C=O) groups is 2. The van der Waals surface area contributed by atoms with Gasteiger partial charge in [-0.05, 0) is 18.2 Å². The molecule has 122 valence electrons. The van der Waals surface area contributed by atoms with Gasteiger partial charge in [0.1, 0.15) is 5.75 Å². The molecular weight excluding hydrogens is 306 g/mol. The lowest BCUT2D eigenvalue weighted by molar-refractivity contribution is -0.135. The van der Waals surface area contributed by atoms with Crippen LogP contribution >= 0.6 is 0 Å². The number of rotatable bonds is 5. The van der Waals surface area contributed by atoms with Crippen LogP contribution in [0.5, 0.6) is 5.75 Å².